The van der Waals surface area contributed by atoms with Gasteiger partial charge in [0.15, 0.2) is 15.8 Å². The van der Waals surface area contributed by atoms with Gasteiger partial charge in [0.05, 0.1) is 17.0 Å². The molecule has 0 atom stereocenters. The van der Waals surface area contributed by atoms with Gasteiger partial charge in [-0.3, -0.25) is 0 Å². The van der Waals surface area contributed by atoms with Crippen molar-refractivity contribution in [1.29, 1.82) is 0 Å². The molecule has 7 heteroatoms. The Bertz CT molecular complexity index is 669. The molecular formula is C16H24BrN3O2S. The Balaban J connectivity index is 2.15. The van der Waals surface area contributed by atoms with E-state index in [-0.39, 0.29) is 5.75 Å². The normalized spacial score (nSPS) is 20.3. The van der Waals surface area contributed by atoms with Crippen molar-refractivity contribution >= 4 is 31.7 Å². The van der Waals surface area contributed by atoms with Crippen LogP contribution in [0, 0.1) is 0 Å². The minimum Gasteiger partial charge on any atom is -0.357 e. The van der Waals surface area contributed by atoms with Gasteiger partial charge in [-0.1, -0.05) is 28.1 Å². The zero-order chi connectivity index (χ0) is 17.1. The molecule has 2 rings (SSSR count). The third-order valence-corrected chi connectivity index (χ3v) is 7.06. The van der Waals surface area contributed by atoms with Crippen LogP contribution in [-0.4, -0.2) is 49.4 Å². The van der Waals surface area contributed by atoms with E-state index in [2.05, 4.69) is 26.2 Å². The van der Waals surface area contributed by atoms with E-state index < -0.39 is 14.6 Å². The summed E-state index contributed by atoms with van der Waals surface area (Å²) in [5.41, 5.74) is 1.12. The number of nitrogens with one attached hydrogen (secondary N) is 1. The summed E-state index contributed by atoms with van der Waals surface area (Å²) in [4.78, 5) is 6.72. The number of sulfone groups is 1. The maximum absolute atomic E-state index is 12.1. The molecule has 0 spiro atoms. The first-order valence-electron chi connectivity index (χ1n) is 7.75. The minimum absolute atomic E-state index is 0.169. The average molecular weight is 402 g/mol. The maximum Gasteiger partial charge on any atom is 0.194 e. The van der Waals surface area contributed by atoms with Crippen LogP contribution in [0.25, 0.3) is 0 Å². The van der Waals surface area contributed by atoms with E-state index in [1.54, 1.807) is 13.8 Å². The number of benzene rings is 1. The van der Waals surface area contributed by atoms with Crippen molar-refractivity contribution in [3.8, 4) is 0 Å². The van der Waals surface area contributed by atoms with Crippen LogP contribution < -0.4 is 5.32 Å². The molecule has 1 N–H and O–H groups in total. The van der Waals surface area contributed by atoms with Crippen molar-refractivity contribution in [2.75, 3.05) is 25.4 Å². The van der Waals surface area contributed by atoms with Crippen LogP contribution in [0.5, 0.6) is 0 Å². The predicted molar refractivity (Wildman–Crippen MR) is 98.4 cm³/mol. The first kappa shape index (κ1) is 18.3. The molecule has 0 unspecified atom stereocenters. The van der Waals surface area contributed by atoms with Crippen molar-refractivity contribution in [1.82, 2.24) is 10.2 Å². The van der Waals surface area contributed by atoms with Crippen LogP contribution in [0.1, 0.15) is 26.3 Å². The average Bonchev–Trinajstić information content (AvgIpc) is 2.48. The number of hydrogen-bond acceptors (Lipinski definition) is 3. The Kier molecular flexibility index (Phi) is 5.73. The highest BCUT2D eigenvalue weighted by atomic mass is 79.9. The fourth-order valence-corrected chi connectivity index (χ4v) is 4.14. The molecule has 1 aliphatic rings. The van der Waals surface area contributed by atoms with Gasteiger partial charge >= 0.3 is 0 Å². The molecule has 1 aliphatic heterocycles. The molecule has 1 aromatic rings. The van der Waals surface area contributed by atoms with Crippen LogP contribution in [0.15, 0.2) is 33.7 Å². The van der Waals surface area contributed by atoms with Gasteiger partial charge in [-0.2, -0.15) is 0 Å². The largest absolute Gasteiger partial charge is 0.357 e. The topological polar surface area (TPSA) is 61.8 Å². The number of halogens is 1. The number of aliphatic imine (C=N–C) groups is 1. The van der Waals surface area contributed by atoms with E-state index in [9.17, 15) is 8.42 Å². The van der Waals surface area contributed by atoms with Crippen molar-refractivity contribution in [2.45, 2.75) is 32.1 Å². The van der Waals surface area contributed by atoms with Gasteiger partial charge in [-0.15, -0.1) is 0 Å². The SMILES string of the molecule is CCNC(=NCc1ccc(Br)cc1)N1CCS(=O)(=O)C(C)(C)C1. The highest BCUT2D eigenvalue weighted by Gasteiger charge is 2.40. The zero-order valence-electron chi connectivity index (χ0n) is 13.8. The summed E-state index contributed by atoms with van der Waals surface area (Å²) in [6, 6.07) is 8.05. The molecule has 5 nitrogen and oxygen atoms in total. The van der Waals surface area contributed by atoms with Gasteiger partial charge < -0.3 is 10.2 Å². The Labute approximate surface area is 147 Å². The molecule has 128 valence electrons. The fourth-order valence-electron chi connectivity index (χ4n) is 2.51. The summed E-state index contributed by atoms with van der Waals surface area (Å²) < 4.78 is 24.6. The van der Waals surface area contributed by atoms with Crippen molar-refractivity contribution in [3.05, 3.63) is 34.3 Å². The molecule has 0 saturated carbocycles. The lowest BCUT2D eigenvalue weighted by Gasteiger charge is -2.39. The van der Waals surface area contributed by atoms with Crippen molar-refractivity contribution in [2.24, 2.45) is 4.99 Å². The van der Waals surface area contributed by atoms with E-state index in [4.69, 9.17) is 0 Å². The van der Waals surface area contributed by atoms with E-state index in [1.165, 1.54) is 0 Å². The van der Waals surface area contributed by atoms with Crippen molar-refractivity contribution in [3.63, 3.8) is 0 Å². The molecule has 0 radical (unpaired) electrons. The molecule has 1 saturated heterocycles. The Hall–Kier alpha value is -1.08. The minimum atomic E-state index is -3.04. The monoisotopic (exact) mass is 401 g/mol. The Morgan fingerprint density at radius 3 is 2.57 bits per heavy atom. The van der Waals surface area contributed by atoms with E-state index >= 15 is 0 Å². The summed E-state index contributed by atoms with van der Waals surface area (Å²) in [5.74, 6) is 0.946. The number of nitrogens with zero attached hydrogens (tertiary/aromatic N) is 2. The summed E-state index contributed by atoms with van der Waals surface area (Å²) in [6.07, 6.45) is 0. The smallest absolute Gasteiger partial charge is 0.194 e. The number of hydrogen-bond donors (Lipinski definition) is 1. The quantitative estimate of drug-likeness (QED) is 0.623. The number of rotatable bonds is 3. The van der Waals surface area contributed by atoms with Crippen LogP contribution in [0.2, 0.25) is 0 Å². The molecule has 1 aromatic carbocycles. The van der Waals surface area contributed by atoms with Crippen LogP contribution >= 0.6 is 15.9 Å². The maximum atomic E-state index is 12.1. The van der Waals surface area contributed by atoms with E-state index in [0.29, 0.717) is 19.6 Å². The van der Waals surface area contributed by atoms with Crippen LogP contribution in [0.3, 0.4) is 0 Å². The molecule has 23 heavy (non-hydrogen) atoms. The van der Waals surface area contributed by atoms with Crippen LogP contribution in [0.4, 0.5) is 0 Å². The lowest BCUT2D eigenvalue weighted by molar-refractivity contribution is 0.353. The second-order valence-corrected chi connectivity index (χ2v) is 9.96. The molecule has 0 bridgehead atoms. The molecule has 0 aromatic heterocycles. The zero-order valence-corrected chi connectivity index (χ0v) is 16.2. The van der Waals surface area contributed by atoms with Gasteiger partial charge in [0.2, 0.25) is 0 Å². The third kappa shape index (κ3) is 4.47. The first-order chi connectivity index (χ1) is 10.7. The third-order valence-electron chi connectivity index (χ3n) is 4.00. The molecule has 1 fully saturated rings. The lowest BCUT2D eigenvalue weighted by Crippen LogP contribution is -2.57. The van der Waals surface area contributed by atoms with Gasteiger partial charge in [-0.05, 0) is 38.5 Å². The van der Waals surface area contributed by atoms with Gasteiger partial charge in [-0.25, -0.2) is 13.4 Å². The standard InChI is InChI=1S/C16H24BrN3O2S/c1-4-18-15(19-11-13-5-7-14(17)8-6-13)20-9-10-23(21,22)16(2,3)12-20/h5-8H,4,9-12H2,1-3H3,(H,18,19). The highest BCUT2D eigenvalue weighted by Crippen LogP contribution is 2.23. The summed E-state index contributed by atoms with van der Waals surface area (Å²) in [6.45, 7) is 7.85. The highest BCUT2D eigenvalue weighted by molar-refractivity contribution is 9.10. The molecule has 0 aliphatic carbocycles. The Morgan fingerprint density at radius 2 is 2.00 bits per heavy atom. The molecular weight excluding hydrogens is 378 g/mol. The predicted octanol–water partition coefficient (Wildman–Crippen LogP) is 2.42. The van der Waals surface area contributed by atoms with E-state index in [0.717, 1.165) is 22.5 Å². The first-order valence-corrected chi connectivity index (χ1v) is 10.2. The van der Waals surface area contributed by atoms with Gasteiger partial charge in [0.1, 0.15) is 0 Å². The summed E-state index contributed by atoms with van der Waals surface area (Å²) in [5, 5.41) is 3.27. The Morgan fingerprint density at radius 1 is 1.35 bits per heavy atom. The van der Waals surface area contributed by atoms with Gasteiger partial charge in [0, 0.05) is 24.1 Å². The summed E-state index contributed by atoms with van der Waals surface area (Å²) in [7, 11) is -3.04. The van der Waals surface area contributed by atoms with E-state index in [1.807, 2.05) is 36.1 Å². The van der Waals surface area contributed by atoms with Gasteiger partial charge in [0.25, 0.3) is 0 Å². The molecule has 0 amide bonds. The second kappa shape index (κ2) is 7.21. The van der Waals surface area contributed by atoms with Crippen molar-refractivity contribution < 1.29 is 8.42 Å². The lowest BCUT2D eigenvalue weighted by atomic mass is 10.2. The molecule has 1 heterocycles. The van der Waals surface area contributed by atoms with Crippen LogP contribution in [-0.2, 0) is 16.4 Å². The fraction of sp³-hybridized carbons (Fsp3) is 0.562. The second-order valence-electron chi connectivity index (χ2n) is 6.30. The number of guanidine groups is 1. The summed E-state index contributed by atoms with van der Waals surface area (Å²) >= 11 is 3.42.